The van der Waals surface area contributed by atoms with Crippen molar-refractivity contribution in [1.29, 1.82) is 0 Å². The molecule has 1 aliphatic heterocycles. The largest absolute Gasteiger partial charge is 0.350 e. The van der Waals surface area contributed by atoms with Crippen molar-refractivity contribution in [1.82, 2.24) is 15.5 Å². The van der Waals surface area contributed by atoms with Crippen LogP contribution in [-0.4, -0.2) is 49.1 Å². The van der Waals surface area contributed by atoms with Gasteiger partial charge in [0.25, 0.3) is 0 Å². The van der Waals surface area contributed by atoms with Gasteiger partial charge in [0, 0.05) is 18.6 Å². The summed E-state index contributed by atoms with van der Waals surface area (Å²) < 4.78 is 0. The Morgan fingerprint density at radius 2 is 2.12 bits per heavy atom. The van der Waals surface area contributed by atoms with Crippen molar-refractivity contribution in [2.45, 2.75) is 44.6 Å². The molecule has 17 heavy (non-hydrogen) atoms. The number of hydrogen-bond donors (Lipinski definition) is 2. The van der Waals surface area contributed by atoms with Crippen molar-refractivity contribution in [2.75, 3.05) is 32.7 Å². The van der Waals surface area contributed by atoms with Gasteiger partial charge in [0.2, 0.25) is 5.91 Å². The zero-order chi connectivity index (χ0) is 12.1. The number of nitrogens with one attached hydrogen (secondary N) is 2. The highest BCUT2D eigenvalue weighted by molar-refractivity contribution is 5.79. The fourth-order valence-corrected chi connectivity index (χ4v) is 2.77. The minimum absolute atomic E-state index is 0.140. The smallest absolute Gasteiger partial charge is 0.234 e. The van der Waals surface area contributed by atoms with Crippen molar-refractivity contribution >= 4 is 5.91 Å². The van der Waals surface area contributed by atoms with Crippen molar-refractivity contribution in [3.8, 4) is 0 Å². The van der Waals surface area contributed by atoms with E-state index in [2.05, 4.69) is 22.5 Å². The van der Waals surface area contributed by atoms with Crippen molar-refractivity contribution in [3.63, 3.8) is 0 Å². The molecule has 1 heterocycles. The van der Waals surface area contributed by atoms with Crippen LogP contribution in [0.1, 0.15) is 39.0 Å². The minimum Gasteiger partial charge on any atom is -0.350 e. The number of hydrogen-bond acceptors (Lipinski definition) is 3. The van der Waals surface area contributed by atoms with Gasteiger partial charge >= 0.3 is 0 Å². The third-order valence-corrected chi connectivity index (χ3v) is 4.19. The summed E-state index contributed by atoms with van der Waals surface area (Å²) in [6.07, 6.45) is 5.81. The van der Waals surface area contributed by atoms with E-state index in [1.54, 1.807) is 0 Å². The van der Waals surface area contributed by atoms with Gasteiger partial charge in [-0.05, 0) is 45.2 Å². The molecule has 4 heteroatoms. The van der Waals surface area contributed by atoms with E-state index < -0.39 is 0 Å². The lowest BCUT2D eigenvalue weighted by Gasteiger charge is -2.42. The molecule has 0 spiro atoms. The van der Waals surface area contributed by atoms with Crippen molar-refractivity contribution in [3.05, 3.63) is 0 Å². The Morgan fingerprint density at radius 1 is 1.29 bits per heavy atom. The highest BCUT2D eigenvalue weighted by Gasteiger charge is 2.36. The third kappa shape index (κ3) is 3.42. The predicted octanol–water partition coefficient (Wildman–Crippen LogP) is 0.731. The topological polar surface area (TPSA) is 44.4 Å². The van der Waals surface area contributed by atoms with E-state index >= 15 is 0 Å². The average Bonchev–Trinajstić information content (AvgIpc) is 2.52. The highest BCUT2D eigenvalue weighted by Crippen LogP contribution is 2.34. The predicted molar refractivity (Wildman–Crippen MR) is 68.9 cm³/mol. The van der Waals surface area contributed by atoms with Gasteiger partial charge in [0.15, 0.2) is 0 Å². The fraction of sp³-hybridized carbons (Fsp3) is 0.923. The SMILES string of the molecule is CCC1(NC(=O)CN2CCCNCC2)CCC1. The third-order valence-electron chi connectivity index (χ3n) is 4.19. The second-order valence-electron chi connectivity index (χ2n) is 5.42. The standard InChI is InChI=1S/C13H25N3O/c1-2-13(5-3-6-13)15-12(17)11-16-9-4-7-14-8-10-16/h14H,2-11H2,1H3,(H,15,17). The van der Waals surface area contributed by atoms with Gasteiger partial charge in [-0.3, -0.25) is 9.69 Å². The summed E-state index contributed by atoms with van der Waals surface area (Å²) in [6, 6.07) is 0. The van der Waals surface area contributed by atoms with Crippen molar-refractivity contribution < 1.29 is 4.79 Å². The van der Waals surface area contributed by atoms with Crippen LogP contribution < -0.4 is 10.6 Å². The minimum atomic E-state index is 0.140. The maximum absolute atomic E-state index is 12.0. The van der Waals surface area contributed by atoms with Crippen LogP contribution in [0, 0.1) is 0 Å². The van der Waals surface area contributed by atoms with Crippen LogP contribution in [0.3, 0.4) is 0 Å². The summed E-state index contributed by atoms with van der Waals surface area (Å²) in [5.74, 6) is 0.216. The molecule has 2 fully saturated rings. The number of nitrogens with zero attached hydrogens (tertiary/aromatic N) is 1. The second-order valence-corrected chi connectivity index (χ2v) is 5.42. The van der Waals surface area contributed by atoms with Crippen LogP contribution in [0.15, 0.2) is 0 Å². The van der Waals surface area contributed by atoms with Crippen molar-refractivity contribution in [2.24, 2.45) is 0 Å². The van der Waals surface area contributed by atoms with E-state index in [9.17, 15) is 4.79 Å². The number of rotatable bonds is 4. The summed E-state index contributed by atoms with van der Waals surface area (Å²) in [5.41, 5.74) is 0.140. The molecule has 0 aromatic carbocycles. The molecule has 0 aromatic heterocycles. The molecule has 4 nitrogen and oxygen atoms in total. The van der Waals surface area contributed by atoms with Gasteiger partial charge in [-0.25, -0.2) is 0 Å². The zero-order valence-electron chi connectivity index (χ0n) is 10.9. The Balaban J connectivity index is 1.76. The molecule has 1 saturated carbocycles. The Hall–Kier alpha value is -0.610. The van der Waals surface area contributed by atoms with Crippen LogP contribution in [0.4, 0.5) is 0 Å². The van der Waals surface area contributed by atoms with E-state index in [4.69, 9.17) is 0 Å². The van der Waals surface area contributed by atoms with Gasteiger partial charge < -0.3 is 10.6 Å². The Morgan fingerprint density at radius 3 is 2.76 bits per heavy atom. The van der Waals surface area contributed by atoms with Crippen LogP contribution >= 0.6 is 0 Å². The molecular formula is C13H25N3O. The first-order chi connectivity index (χ1) is 8.24. The summed E-state index contributed by atoms with van der Waals surface area (Å²) in [4.78, 5) is 14.3. The lowest BCUT2D eigenvalue weighted by Crippen LogP contribution is -2.55. The summed E-state index contributed by atoms with van der Waals surface area (Å²) in [5, 5.41) is 6.61. The Kier molecular flexibility index (Phi) is 4.40. The molecule has 0 radical (unpaired) electrons. The monoisotopic (exact) mass is 239 g/mol. The van der Waals surface area contributed by atoms with E-state index in [-0.39, 0.29) is 11.4 Å². The molecule has 0 unspecified atom stereocenters. The molecular weight excluding hydrogens is 214 g/mol. The van der Waals surface area contributed by atoms with E-state index in [1.165, 1.54) is 6.42 Å². The molecule has 0 bridgehead atoms. The molecule has 1 amide bonds. The van der Waals surface area contributed by atoms with E-state index in [1.807, 2.05) is 0 Å². The number of carbonyl (C=O) groups is 1. The normalized spacial score (nSPS) is 24.8. The molecule has 2 rings (SSSR count). The van der Waals surface area contributed by atoms with E-state index in [0.29, 0.717) is 6.54 Å². The highest BCUT2D eigenvalue weighted by atomic mass is 16.2. The fourth-order valence-electron chi connectivity index (χ4n) is 2.77. The van der Waals surface area contributed by atoms with Gasteiger partial charge in [0.1, 0.15) is 0 Å². The average molecular weight is 239 g/mol. The quantitative estimate of drug-likeness (QED) is 0.760. The lowest BCUT2D eigenvalue weighted by molar-refractivity contribution is -0.125. The molecule has 1 saturated heterocycles. The maximum Gasteiger partial charge on any atom is 0.234 e. The molecule has 0 atom stereocenters. The molecule has 2 aliphatic rings. The number of amides is 1. The van der Waals surface area contributed by atoms with Crippen LogP contribution in [0.5, 0.6) is 0 Å². The van der Waals surface area contributed by atoms with E-state index in [0.717, 1.165) is 51.9 Å². The maximum atomic E-state index is 12.0. The molecule has 0 aromatic rings. The first kappa shape index (κ1) is 12.8. The first-order valence-corrected chi connectivity index (χ1v) is 6.98. The van der Waals surface area contributed by atoms with Crippen LogP contribution in [0.25, 0.3) is 0 Å². The second kappa shape index (κ2) is 5.83. The van der Waals surface area contributed by atoms with Gasteiger partial charge in [-0.15, -0.1) is 0 Å². The Labute approximate surface area is 104 Å². The molecule has 98 valence electrons. The number of carbonyl (C=O) groups excluding carboxylic acids is 1. The first-order valence-electron chi connectivity index (χ1n) is 6.98. The van der Waals surface area contributed by atoms with Crippen LogP contribution in [0.2, 0.25) is 0 Å². The van der Waals surface area contributed by atoms with Gasteiger partial charge in [-0.1, -0.05) is 6.92 Å². The van der Waals surface area contributed by atoms with Gasteiger partial charge in [-0.2, -0.15) is 0 Å². The Bertz CT molecular complexity index is 250. The zero-order valence-corrected chi connectivity index (χ0v) is 10.9. The summed E-state index contributed by atoms with van der Waals surface area (Å²) in [7, 11) is 0. The summed E-state index contributed by atoms with van der Waals surface area (Å²) >= 11 is 0. The van der Waals surface area contributed by atoms with Gasteiger partial charge in [0.05, 0.1) is 6.54 Å². The lowest BCUT2D eigenvalue weighted by atomic mass is 9.75. The molecule has 2 N–H and O–H groups in total. The summed E-state index contributed by atoms with van der Waals surface area (Å²) in [6.45, 7) is 6.87. The molecule has 1 aliphatic carbocycles. The van der Waals surface area contributed by atoms with Crippen LogP contribution in [-0.2, 0) is 4.79 Å².